The third-order valence-electron chi connectivity index (χ3n) is 3.40. The minimum absolute atomic E-state index is 0.142. The summed E-state index contributed by atoms with van der Waals surface area (Å²) in [7, 11) is 0. The quantitative estimate of drug-likeness (QED) is 0.815. The van der Waals surface area contributed by atoms with Crippen LogP contribution in [0.1, 0.15) is 26.3 Å². The van der Waals surface area contributed by atoms with Crippen LogP contribution >= 0.6 is 11.6 Å². The fourth-order valence-electron chi connectivity index (χ4n) is 1.50. The Bertz CT molecular complexity index is 454. The Morgan fingerprint density at radius 1 is 1.42 bits per heavy atom. The van der Waals surface area contributed by atoms with Crippen LogP contribution in [0.4, 0.5) is 0 Å². The van der Waals surface area contributed by atoms with Gasteiger partial charge in [0, 0.05) is 17.6 Å². The Labute approximate surface area is 119 Å². The number of amides is 1. The first kappa shape index (κ1) is 15.7. The zero-order valence-corrected chi connectivity index (χ0v) is 12.4. The Morgan fingerprint density at radius 2 is 2.00 bits per heavy atom. The van der Waals surface area contributed by atoms with Crippen LogP contribution in [-0.4, -0.2) is 18.0 Å². The van der Waals surface area contributed by atoms with E-state index in [1.54, 1.807) is 18.2 Å². The molecule has 0 bridgehead atoms. The van der Waals surface area contributed by atoms with E-state index >= 15 is 0 Å². The molecule has 4 heteroatoms. The van der Waals surface area contributed by atoms with Crippen LogP contribution in [0.25, 0.3) is 6.08 Å². The fourth-order valence-corrected chi connectivity index (χ4v) is 1.63. The second-order valence-electron chi connectivity index (χ2n) is 5.15. The topological polar surface area (TPSA) is 55.1 Å². The van der Waals surface area contributed by atoms with Gasteiger partial charge >= 0.3 is 0 Å². The molecule has 0 aliphatic carbocycles. The number of hydrogen-bond acceptors (Lipinski definition) is 2. The molecular formula is C15H21ClN2O. The van der Waals surface area contributed by atoms with Crippen molar-refractivity contribution in [3.63, 3.8) is 0 Å². The van der Waals surface area contributed by atoms with E-state index in [1.165, 1.54) is 6.08 Å². The maximum atomic E-state index is 11.9. The lowest BCUT2D eigenvalue weighted by atomic mass is 9.88. The zero-order valence-electron chi connectivity index (χ0n) is 11.6. The van der Waals surface area contributed by atoms with Crippen molar-refractivity contribution in [3.05, 3.63) is 40.9 Å². The van der Waals surface area contributed by atoms with Gasteiger partial charge in [0.25, 0.3) is 0 Å². The van der Waals surface area contributed by atoms with Crippen molar-refractivity contribution in [3.8, 4) is 0 Å². The monoisotopic (exact) mass is 280 g/mol. The minimum Gasteiger partial charge on any atom is -0.346 e. The van der Waals surface area contributed by atoms with Gasteiger partial charge in [-0.1, -0.05) is 37.6 Å². The molecule has 0 radical (unpaired) electrons. The molecule has 1 aromatic carbocycles. The van der Waals surface area contributed by atoms with E-state index in [1.807, 2.05) is 32.9 Å². The lowest BCUT2D eigenvalue weighted by Gasteiger charge is -2.33. The van der Waals surface area contributed by atoms with Gasteiger partial charge in [-0.05, 0) is 36.6 Å². The van der Waals surface area contributed by atoms with Crippen molar-refractivity contribution in [1.29, 1.82) is 0 Å². The number of nitrogens with two attached hydrogens (primary N) is 1. The number of nitrogens with one attached hydrogen (secondary N) is 1. The van der Waals surface area contributed by atoms with Crippen LogP contribution in [-0.2, 0) is 4.79 Å². The van der Waals surface area contributed by atoms with Gasteiger partial charge in [0.15, 0.2) is 0 Å². The van der Waals surface area contributed by atoms with Gasteiger partial charge in [-0.2, -0.15) is 0 Å². The van der Waals surface area contributed by atoms with E-state index < -0.39 is 0 Å². The molecular weight excluding hydrogens is 260 g/mol. The first-order chi connectivity index (χ1) is 8.87. The molecule has 104 valence electrons. The lowest BCUT2D eigenvalue weighted by molar-refractivity contribution is -0.118. The van der Waals surface area contributed by atoms with Gasteiger partial charge in [0.05, 0.1) is 5.54 Å². The molecule has 1 atom stereocenters. The van der Waals surface area contributed by atoms with E-state index in [9.17, 15) is 4.79 Å². The summed E-state index contributed by atoms with van der Waals surface area (Å²) in [5.74, 6) is 0.127. The molecule has 0 fully saturated rings. The summed E-state index contributed by atoms with van der Waals surface area (Å²) in [5, 5.41) is 3.63. The second kappa shape index (κ2) is 6.73. The third-order valence-corrected chi connectivity index (χ3v) is 3.66. The number of carbonyl (C=O) groups excluding carboxylic acids is 1. The number of halogens is 1. The van der Waals surface area contributed by atoms with Gasteiger partial charge < -0.3 is 11.1 Å². The van der Waals surface area contributed by atoms with Gasteiger partial charge in [-0.3, -0.25) is 4.79 Å². The van der Waals surface area contributed by atoms with E-state index in [2.05, 4.69) is 5.32 Å². The Morgan fingerprint density at radius 3 is 2.47 bits per heavy atom. The Kier molecular flexibility index (Phi) is 5.58. The van der Waals surface area contributed by atoms with E-state index in [-0.39, 0.29) is 17.4 Å². The van der Waals surface area contributed by atoms with Crippen molar-refractivity contribution >= 4 is 23.6 Å². The first-order valence-corrected chi connectivity index (χ1v) is 6.71. The van der Waals surface area contributed by atoms with Crippen LogP contribution < -0.4 is 11.1 Å². The molecule has 0 aromatic heterocycles. The molecule has 19 heavy (non-hydrogen) atoms. The predicted molar refractivity (Wildman–Crippen MR) is 80.9 cm³/mol. The highest BCUT2D eigenvalue weighted by Gasteiger charge is 2.27. The van der Waals surface area contributed by atoms with Crippen molar-refractivity contribution in [2.24, 2.45) is 11.7 Å². The number of rotatable bonds is 5. The molecule has 1 amide bonds. The fraction of sp³-hybridized carbons (Fsp3) is 0.400. The highest BCUT2D eigenvalue weighted by molar-refractivity contribution is 6.30. The van der Waals surface area contributed by atoms with E-state index in [0.29, 0.717) is 11.6 Å². The maximum Gasteiger partial charge on any atom is 0.244 e. The van der Waals surface area contributed by atoms with Crippen molar-refractivity contribution in [2.45, 2.75) is 26.3 Å². The summed E-state index contributed by atoms with van der Waals surface area (Å²) in [6, 6.07) is 7.29. The number of hydrogen-bond donors (Lipinski definition) is 2. The second-order valence-corrected chi connectivity index (χ2v) is 5.59. The Hall–Kier alpha value is -1.32. The van der Waals surface area contributed by atoms with Gasteiger partial charge in [-0.25, -0.2) is 0 Å². The van der Waals surface area contributed by atoms with Crippen molar-refractivity contribution < 1.29 is 4.79 Å². The van der Waals surface area contributed by atoms with Gasteiger partial charge in [-0.15, -0.1) is 0 Å². The molecule has 3 nitrogen and oxygen atoms in total. The predicted octanol–water partition coefficient (Wildman–Crippen LogP) is 2.84. The molecule has 1 aromatic rings. The molecule has 0 saturated heterocycles. The van der Waals surface area contributed by atoms with Crippen LogP contribution in [0.15, 0.2) is 30.3 Å². The minimum atomic E-state index is -0.387. The maximum absolute atomic E-state index is 11.9. The standard InChI is InChI=1S/C15H21ClN2O/c1-11(2)15(3,10-17)18-14(19)9-6-12-4-7-13(16)8-5-12/h4-9,11H,10,17H2,1-3H3,(H,18,19)/b9-6+. The molecule has 0 spiro atoms. The largest absolute Gasteiger partial charge is 0.346 e. The van der Waals surface area contributed by atoms with E-state index in [0.717, 1.165) is 5.56 Å². The van der Waals surface area contributed by atoms with Crippen LogP contribution in [0, 0.1) is 5.92 Å². The summed E-state index contributed by atoms with van der Waals surface area (Å²) in [5.41, 5.74) is 6.27. The molecule has 1 rings (SSSR count). The highest BCUT2D eigenvalue weighted by Crippen LogP contribution is 2.15. The van der Waals surface area contributed by atoms with Crippen molar-refractivity contribution in [1.82, 2.24) is 5.32 Å². The summed E-state index contributed by atoms with van der Waals surface area (Å²) < 4.78 is 0. The highest BCUT2D eigenvalue weighted by atomic mass is 35.5. The third kappa shape index (κ3) is 4.69. The summed E-state index contributed by atoms with van der Waals surface area (Å²) >= 11 is 5.80. The molecule has 0 aliphatic rings. The average molecular weight is 281 g/mol. The molecule has 0 aliphatic heterocycles. The van der Waals surface area contributed by atoms with Crippen LogP contribution in [0.3, 0.4) is 0 Å². The van der Waals surface area contributed by atoms with Crippen LogP contribution in [0.5, 0.6) is 0 Å². The Balaban J connectivity index is 2.67. The van der Waals surface area contributed by atoms with Crippen molar-refractivity contribution in [2.75, 3.05) is 6.54 Å². The lowest BCUT2D eigenvalue weighted by Crippen LogP contribution is -2.54. The summed E-state index contributed by atoms with van der Waals surface area (Å²) in [6.45, 7) is 6.43. The number of benzene rings is 1. The summed E-state index contributed by atoms with van der Waals surface area (Å²) in [6.07, 6.45) is 3.27. The summed E-state index contributed by atoms with van der Waals surface area (Å²) in [4.78, 5) is 11.9. The average Bonchev–Trinajstić information content (AvgIpc) is 2.37. The molecule has 3 N–H and O–H groups in total. The van der Waals surface area contributed by atoms with E-state index in [4.69, 9.17) is 17.3 Å². The molecule has 0 heterocycles. The van der Waals surface area contributed by atoms with Crippen LogP contribution in [0.2, 0.25) is 5.02 Å². The number of carbonyl (C=O) groups is 1. The zero-order chi connectivity index (χ0) is 14.5. The molecule has 0 saturated carbocycles. The SMILES string of the molecule is CC(C)C(C)(CN)NC(=O)/C=C/c1ccc(Cl)cc1. The van der Waals surface area contributed by atoms with Gasteiger partial charge in [0.1, 0.15) is 0 Å². The molecule has 1 unspecified atom stereocenters. The smallest absolute Gasteiger partial charge is 0.244 e. The first-order valence-electron chi connectivity index (χ1n) is 6.33. The van der Waals surface area contributed by atoms with Gasteiger partial charge in [0.2, 0.25) is 5.91 Å². The normalized spacial score (nSPS) is 14.6.